The van der Waals surface area contributed by atoms with Crippen LogP contribution in [0.4, 0.5) is 0 Å². The summed E-state index contributed by atoms with van der Waals surface area (Å²) in [6.07, 6.45) is 0. The number of hydrogen-bond acceptors (Lipinski definition) is 4. The Kier molecular flexibility index (Phi) is 3.85. The molecule has 0 bridgehead atoms. The van der Waals surface area contributed by atoms with Crippen LogP contribution in [0.15, 0.2) is 18.2 Å². The number of carbonyl (C=O) groups excluding carboxylic acids is 1. The fraction of sp³-hybridized carbons (Fsp3) is 0.500. The summed E-state index contributed by atoms with van der Waals surface area (Å²) >= 11 is 6.01. The first kappa shape index (κ1) is 16.5. The summed E-state index contributed by atoms with van der Waals surface area (Å²) in [7, 11) is 2.12. The molecule has 6 nitrogen and oxygen atoms in total. The van der Waals surface area contributed by atoms with Crippen molar-refractivity contribution in [1.82, 2.24) is 25.0 Å². The number of hydrogen-bond donors (Lipinski definition) is 1. The third-order valence-corrected chi connectivity index (χ3v) is 5.70. The number of nitrogens with one attached hydrogen (secondary N) is 1. The molecule has 2 aromatic rings. The Bertz CT molecular complexity index is 827. The van der Waals surface area contributed by atoms with Gasteiger partial charge in [0, 0.05) is 48.1 Å². The Morgan fingerprint density at radius 1 is 1.32 bits per heavy atom. The van der Waals surface area contributed by atoms with Gasteiger partial charge in [-0.3, -0.25) is 9.89 Å². The number of amides is 1. The molecule has 1 atom stereocenters. The summed E-state index contributed by atoms with van der Waals surface area (Å²) < 4.78 is 0. The van der Waals surface area contributed by atoms with Crippen LogP contribution < -0.4 is 0 Å². The second kappa shape index (κ2) is 5.81. The lowest BCUT2D eigenvalue weighted by molar-refractivity contribution is 0.00295. The topological polar surface area (TPSA) is 65.1 Å². The number of likely N-dealkylation sites (N-methyl/N-ethyl adjacent to an activating group) is 1. The standard InChI is InChI=1S/C18H22ClN5O/c1-11-6-13(19)4-5-14(11)17(25)24-9-18(10-24)8-23(3)7-15(18)16-20-12(2)21-22-16/h4-6,15H,7-10H2,1-3H3,(H,20,21,22). The summed E-state index contributed by atoms with van der Waals surface area (Å²) in [6, 6.07) is 5.44. The molecule has 1 aromatic carbocycles. The van der Waals surface area contributed by atoms with Gasteiger partial charge in [0.1, 0.15) is 5.82 Å². The summed E-state index contributed by atoms with van der Waals surface area (Å²) in [5.74, 6) is 2.05. The molecule has 0 radical (unpaired) electrons. The van der Waals surface area contributed by atoms with Gasteiger partial charge in [0.2, 0.25) is 0 Å². The number of aromatic amines is 1. The smallest absolute Gasteiger partial charge is 0.254 e. The largest absolute Gasteiger partial charge is 0.337 e. The fourth-order valence-corrected chi connectivity index (χ4v) is 4.53. The number of benzene rings is 1. The maximum absolute atomic E-state index is 12.9. The van der Waals surface area contributed by atoms with E-state index in [2.05, 4.69) is 27.1 Å². The van der Waals surface area contributed by atoms with Crippen LogP contribution in [0.1, 0.15) is 33.5 Å². The van der Waals surface area contributed by atoms with Gasteiger partial charge in [-0.05, 0) is 44.7 Å². The minimum atomic E-state index is 0.0549. The Hall–Kier alpha value is -1.92. The van der Waals surface area contributed by atoms with Crippen LogP contribution >= 0.6 is 11.6 Å². The quantitative estimate of drug-likeness (QED) is 0.893. The van der Waals surface area contributed by atoms with Crippen molar-refractivity contribution in [3.63, 3.8) is 0 Å². The summed E-state index contributed by atoms with van der Waals surface area (Å²) in [5.41, 5.74) is 1.71. The Morgan fingerprint density at radius 3 is 2.72 bits per heavy atom. The first-order valence-electron chi connectivity index (χ1n) is 8.51. The monoisotopic (exact) mass is 359 g/mol. The number of aromatic nitrogens is 3. The molecule has 0 saturated carbocycles. The van der Waals surface area contributed by atoms with Gasteiger partial charge in [-0.1, -0.05) is 11.6 Å². The van der Waals surface area contributed by atoms with Gasteiger partial charge < -0.3 is 9.80 Å². The highest BCUT2D eigenvalue weighted by molar-refractivity contribution is 6.30. The number of rotatable bonds is 2. The molecule has 1 spiro atoms. The predicted octanol–water partition coefficient (Wildman–Crippen LogP) is 2.25. The molecule has 7 heteroatoms. The van der Waals surface area contributed by atoms with Crippen molar-refractivity contribution in [2.45, 2.75) is 19.8 Å². The fourth-order valence-electron chi connectivity index (χ4n) is 4.30. The molecule has 2 aliphatic rings. The van der Waals surface area contributed by atoms with E-state index in [1.54, 1.807) is 6.07 Å². The van der Waals surface area contributed by atoms with Crippen LogP contribution in [0.5, 0.6) is 0 Å². The van der Waals surface area contributed by atoms with Crippen molar-refractivity contribution < 1.29 is 4.79 Å². The highest BCUT2D eigenvalue weighted by atomic mass is 35.5. The molecule has 132 valence electrons. The number of H-pyrrole nitrogens is 1. The van der Waals surface area contributed by atoms with E-state index in [9.17, 15) is 4.79 Å². The van der Waals surface area contributed by atoms with E-state index in [-0.39, 0.29) is 17.2 Å². The SMILES string of the molecule is Cc1nc(C2CN(C)CC23CN(C(=O)c2ccc(Cl)cc2C)C3)n[nH]1. The van der Waals surface area contributed by atoms with E-state index in [1.165, 1.54) is 0 Å². The number of likely N-dealkylation sites (tertiary alicyclic amines) is 2. The van der Waals surface area contributed by atoms with Crippen LogP contribution in [-0.2, 0) is 0 Å². The van der Waals surface area contributed by atoms with Crippen molar-refractivity contribution in [1.29, 1.82) is 0 Å². The van der Waals surface area contributed by atoms with E-state index in [1.807, 2.05) is 30.9 Å². The first-order valence-corrected chi connectivity index (χ1v) is 8.89. The molecule has 1 amide bonds. The van der Waals surface area contributed by atoms with E-state index in [0.717, 1.165) is 49.0 Å². The lowest BCUT2D eigenvalue weighted by Gasteiger charge is -2.50. The molecule has 1 N–H and O–H groups in total. The van der Waals surface area contributed by atoms with Crippen LogP contribution in [0, 0.1) is 19.3 Å². The van der Waals surface area contributed by atoms with Crippen molar-refractivity contribution in [2.24, 2.45) is 5.41 Å². The Labute approximate surface area is 152 Å². The molecule has 2 saturated heterocycles. The van der Waals surface area contributed by atoms with Gasteiger partial charge in [-0.15, -0.1) is 0 Å². The van der Waals surface area contributed by atoms with Crippen molar-refractivity contribution in [2.75, 3.05) is 33.2 Å². The van der Waals surface area contributed by atoms with E-state index < -0.39 is 0 Å². The second-order valence-electron chi connectivity index (χ2n) is 7.51. The molecular formula is C18H22ClN5O. The third-order valence-electron chi connectivity index (χ3n) is 5.46. The molecule has 4 rings (SSSR count). The zero-order valence-corrected chi connectivity index (χ0v) is 15.5. The predicted molar refractivity (Wildman–Crippen MR) is 95.9 cm³/mol. The van der Waals surface area contributed by atoms with Crippen LogP contribution in [0.2, 0.25) is 5.02 Å². The van der Waals surface area contributed by atoms with Crippen LogP contribution in [0.3, 0.4) is 0 Å². The minimum absolute atomic E-state index is 0.0549. The first-order chi connectivity index (χ1) is 11.9. The van der Waals surface area contributed by atoms with E-state index >= 15 is 0 Å². The molecule has 2 aliphatic heterocycles. The van der Waals surface area contributed by atoms with Crippen LogP contribution in [0.25, 0.3) is 0 Å². The van der Waals surface area contributed by atoms with Gasteiger partial charge in [-0.2, -0.15) is 5.10 Å². The maximum Gasteiger partial charge on any atom is 0.254 e. The average molecular weight is 360 g/mol. The van der Waals surface area contributed by atoms with Gasteiger partial charge in [0.25, 0.3) is 5.91 Å². The lowest BCUT2D eigenvalue weighted by Crippen LogP contribution is -2.61. The normalized spacial score (nSPS) is 22.4. The lowest BCUT2D eigenvalue weighted by atomic mass is 9.71. The Morgan fingerprint density at radius 2 is 2.08 bits per heavy atom. The molecule has 1 unspecified atom stereocenters. The highest BCUT2D eigenvalue weighted by Crippen LogP contribution is 2.48. The van der Waals surface area contributed by atoms with E-state index in [4.69, 9.17) is 11.6 Å². The molecule has 0 aliphatic carbocycles. The number of nitrogens with zero attached hydrogens (tertiary/aromatic N) is 4. The molecule has 2 fully saturated rings. The van der Waals surface area contributed by atoms with Crippen LogP contribution in [-0.4, -0.2) is 64.1 Å². The van der Waals surface area contributed by atoms with Gasteiger partial charge in [-0.25, -0.2) is 4.98 Å². The van der Waals surface area contributed by atoms with Crippen molar-refractivity contribution >= 4 is 17.5 Å². The van der Waals surface area contributed by atoms with Crippen molar-refractivity contribution in [3.05, 3.63) is 46.0 Å². The average Bonchev–Trinajstić information content (AvgIpc) is 3.08. The highest BCUT2D eigenvalue weighted by Gasteiger charge is 2.56. The summed E-state index contributed by atoms with van der Waals surface area (Å²) in [4.78, 5) is 21.6. The summed E-state index contributed by atoms with van der Waals surface area (Å²) in [5, 5.41) is 7.99. The zero-order valence-electron chi connectivity index (χ0n) is 14.7. The van der Waals surface area contributed by atoms with Crippen molar-refractivity contribution in [3.8, 4) is 0 Å². The molecule has 25 heavy (non-hydrogen) atoms. The number of halogens is 1. The van der Waals surface area contributed by atoms with Gasteiger partial charge in [0.15, 0.2) is 5.82 Å². The molecular weight excluding hydrogens is 338 g/mol. The van der Waals surface area contributed by atoms with E-state index in [0.29, 0.717) is 5.02 Å². The molecule has 1 aromatic heterocycles. The van der Waals surface area contributed by atoms with Gasteiger partial charge in [0.05, 0.1) is 0 Å². The number of aryl methyl sites for hydroxylation is 2. The second-order valence-corrected chi connectivity index (χ2v) is 7.95. The number of carbonyl (C=O) groups is 1. The van der Waals surface area contributed by atoms with Gasteiger partial charge >= 0.3 is 0 Å². The Balaban J connectivity index is 1.53. The molecule has 3 heterocycles. The zero-order chi connectivity index (χ0) is 17.8. The maximum atomic E-state index is 12.9. The third kappa shape index (κ3) is 2.73. The minimum Gasteiger partial charge on any atom is -0.337 e. The summed E-state index contributed by atoms with van der Waals surface area (Å²) in [6.45, 7) is 7.24.